The molecule has 48 heavy (non-hydrogen) atoms. The third-order valence-electron chi connectivity index (χ3n) is 8.37. The van der Waals surface area contributed by atoms with E-state index in [1.807, 2.05) is 24.3 Å². The van der Waals surface area contributed by atoms with Gasteiger partial charge in [-0.25, -0.2) is 19.2 Å². The highest BCUT2D eigenvalue weighted by Crippen LogP contribution is 2.36. The van der Waals surface area contributed by atoms with Crippen LogP contribution in [0.25, 0.3) is 11.1 Å². The summed E-state index contributed by atoms with van der Waals surface area (Å²) >= 11 is 0. The van der Waals surface area contributed by atoms with Crippen molar-refractivity contribution in [2.24, 2.45) is 17.8 Å². The fourth-order valence-corrected chi connectivity index (χ4v) is 5.57. The van der Waals surface area contributed by atoms with Crippen LogP contribution in [0.5, 0.6) is 11.5 Å². The van der Waals surface area contributed by atoms with E-state index < -0.39 is 18.1 Å². The predicted molar refractivity (Wildman–Crippen MR) is 181 cm³/mol. The summed E-state index contributed by atoms with van der Waals surface area (Å²) in [5, 5.41) is 0. The monoisotopic (exact) mass is 656 g/mol. The minimum Gasteiger partial charge on any atom is -0.462 e. The van der Waals surface area contributed by atoms with E-state index >= 15 is 0 Å². The minimum atomic E-state index is -0.873. The SMILES string of the molecule is C=C(C)C(=O)OCCCCOC(=O)Oc1ccc(OC(=O)c2ccc(-c3ccc(C(=O)OC4CC(C)CCC4C(C)C)cc3)cc2)cc1. The first kappa shape index (κ1) is 35.9. The molecule has 3 atom stereocenters. The standard InChI is InChI=1S/C39H44O9/c1-25(2)34-21-8-27(5)24-35(34)48-38(42)31-15-11-29(12-16-31)28-9-13-30(14-10-28)37(41)46-32-17-19-33(20-18-32)47-39(43)45-23-7-6-22-44-36(40)26(3)4/h9-20,25,27,34-35H,3,6-8,21-24H2,1-2,4-5H3. The number of unbranched alkanes of at least 4 members (excludes halogenated alkanes) is 1. The van der Waals surface area contributed by atoms with Crippen molar-refractivity contribution >= 4 is 24.1 Å². The number of carbonyl (C=O) groups is 4. The lowest BCUT2D eigenvalue weighted by atomic mass is 9.75. The Kier molecular flexibility index (Phi) is 12.9. The Bertz CT molecular complexity index is 1560. The van der Waals surface area contributed by atoms with Gasteiger partial charge in [0.15, 0.2) is 0 Å². The molecular formula is C39H44O9. The molecule has 3 aromatic carbocycles. The molecule has 1 aliphatic carbocycles. The topological polar surface area (TPSA) is 114 Å². The van der Waals surface area contributed by atoms with E-state index in [0.29, 0.717) is 47.3 Å². The zero-order valence-electron chi connectivity index (χ0n) is 28.1. The molecule has 0 saturated heterocycles. The number of hydrogen-bond donors (Lipinski definition) is 0. The van der Waals surface area contributed by atoms with E-state index in [4.69, 9.17) is 23.7 Å². The van der Waals surface area contributed by atoms with Gasteiger partial charge in [0.05, 0.1) is 24.3 Å². The molecule has 0 radical (unpaired) electrons. The summed E-state index contributed by atoms with van der Waals surface area (Å²) in [6, 6.07) is 20.3. The van der Waals surface area contributed by atoms with Crippen LogP contribution in [0.4, 0.5) is 4.79 Å². The molecule has 1 fully saturated rings. The van der Waals surface area contributed by atoms with Crippen LogP contribution in [0.3, 0.4) is 0 Å². The maximum Gasteiger partial charge on any atom is 0.513 e. The molecule has 9 heteroatoms. The molecular weight excluding hydrogens is 612 g/mol. The fraction of sp³-hybridized carbons (Fsp3) is 0.385. The summed E-state index contributed by atoms with van der Waals surface area (Å²) < 4.78 is 26.6. The van der Waals surface area contributed by atoms with Gasteiger partial charge in [-0.15, -0.1) is 0 Å². The average molecular weight is 657 g/mol. The highest BCUT2D eigenvalue weighted by Gasteiger charge is 2.33. The summed E-state index contributed by atoms with van der Waals surface area (Å²) in [6.45, 7) is 12.0. The van der Waals surface area contributed by atoms with Crippen molar-refractivity contribution in [3.63, 3.8) is 0 Å². The van der Waals surface area contributed by atoms with Crippen molar-refractivity contribution in [1.29, 1.82) is 0 Å². The molecule has 9 nitrogen and oxygen atoms in total. The molecule has 3 aromatic rings. The van der Waals surface area contributed by atoms with Crippen LogP contribution >= 0.6 is 0 Å². The fourth-order valence-electron chi connectivity index (χ4n) is 5.57. The molecule has 0 N–H and O–H groups in total. The van der Waals surface area contributed by atoms with E-state index in [1.165, 1.54) is 30.7 Å². The van der Waals surface area contributed by atoms with Crippen LogP contribution in [0.1, 0.15) is 80.5 Å². The van der Waals surface area contributed by atoms with Gasteiger partial charge in [0.25, 0.3) is 0 Å². The number of benzene rings is 3. The van der Waals surface area contributed by atoms with Gasteiger partial charge in [-0.1, -0.05) is 58.0 Å². The van der Waals surface area contributed by atoms with E-state index in [-0.39, 0.29) is 36.8 Å². The molecule has 0 heterocycles. The van der Waals surface area contributed by atoms with Gasteiger partial charge in [-0.2, -0.15) is 0 Å². The Morgan fingerprint density at radius 2 is 1.25 bits per heavy atom. The number of rotatable bonds is 13. The second-order valence-corrected chi connectivity index (χ2v) is 12.6. The molecule has 3 unspecified atom stereocenters. The lowest BCUT2D eigenvalue weighted by Gasteiger charge is -2.36. The van der Waals surface area contributed by atoms with Gasteiger partial charge in [-0.05, 0) is 110 Å². The van der Waals surface area contributed by atoms with E-state index in [1.54, 1.807) is 31.2 Å². The van der Waals surface area contributed by atoms with Crippen molar-refractivity contribution in [3.8, 4) is 22.6 Å². The molecule has 254 valence electrons. The Labute approximate surface area is 282 Å². The predicted octanol–water partition coefficient (Wildman–Crippen LogP) is 8.61. The molecule has 0 bridgehead atoms. The highest BCUT2D eigenvalue weighted by atomic mass is 16.7. The second kappa shape index (κ2) is 17.3. The molecule has 0 aliphatic heterocycles. The van der Waals surface area contributed by atoms with Gasteiger partial charge >= 0.3 is 24.1 Å². The molecule has 4 rings (SSSR count). The van der Waals surface area contributed by atoms with Crippen LogP contribution in [-0.2, 0) is 19.0 Å². The third-order valence-corrected chi connectivity index (χ3v) is 8.37. The Hall–Kier alpha value is -4.92. The van der Waals surface area contributed by atoms with Gasteiger partial charge in [0.1, 0.15) is 17.6 Å². The van der Waals surface area contributed by atoms with Crippen molar-refractivity contribution in [2.45, 2.75) is 65.9 Å². The van der Waals surface area contributed by atoms with E-state index in [9.17, 15) is 19.2 Å². The normalized spacial score (nSPS) is 17.2. The zero-order chi connectivity index (χ0) is 34.6. The smallest absolute Gasteiger partial charge is 0.462 e. The van der Waals surface area contributed by atoms with E-state index in [2.05, 4.69) is 27.4 Å². The average Bonchev–Trinajstić information content (AvgIpc) is 3.07. The quantitative estimate of drug-likeness (QED) is 0.0445. The molecule has 0 spiro atoms. The van der Waals surface area contributed by atoms with Gasteiger partial charge in [0.2, 0.25) is 0 Å². The molecule has 0 amide bonds. The van der Waals surface area contributed by atoms with Gasteiger partial charge in [0, 0.05) is 5.57 Å². The molecule has 1 saturated carbocycles. The maximum absolute atomic E-state index is 13.0. The van der Waals surface area contributed by atoms with Gasteiger partial charge < -0.3 is 23.7 Å². The Morgan fingerprint density at radius 1 is 0.729 bits per heavy atom. The first-order chi connectivity index (χ1) is 23.0. The maximum atomic E-state index is 13.0. The van der Waals surface area contributed by atoms with Crippen LogP contribution in [0, 0.1) is 17.8 Å². The zero-order valence-corrected chi connectivity index (χ0v) is 28.1. The van der Waals surface area contributed by atoms with Crippen molar-refractivity contribution in [3.05, 3.63) is 96.1 Å². The van der Waals surface area contributed by atoms with Crippen LogP contribution in [0.15, 0.2) is 84.9 Å². The van der Waals surface area contributed by atoms with Crippen molar-refractivity contribution in [1.82, 2.24) is 0 Å². The number of esters is 3. The van der Waals surface area contributed by atoms with Crippen LogP contribution < -0.4 is 9.47 Å². The first-order valence-corrected chi connectivity index (χ1v) is 16.4. The third kappa shape index (κ3) is 10.6. The lowest BCUT2D eigenvalue weighted by molar-refractivity contribution is -0.139. The van der Waals surface area contributed by atoms with E-state index in [0.717, 1.165) is 24.0 Å². The van der Waals surface area contributed by atoms with Gasteiger partial charge in [-0.3, -0.25) is 0 Å². The number of ether oxygens (including phenoxy) is 5. The van der Waals surface area contributed by atoms with Crippen molar-refractivity contribution in [2.75, 3.05) is 13.2 Å². The number of carbonyl (C=O) groups excluding carboxylic acids is 4. The Morgan fingerprint density at radius 3 is 1.79 bits per heavy atom. The van der Waals surface area contributed by atoms with Crippen LogP contribution in [0.2, 0.25) is 0 Å². The second-order valence-electron chi connectivity index (χ2n) is 12.6. The largest absolute Gasteiger partial charge is 0.513 e. The Balaban J connectivity index is 1.22. The van der Waals surface area contributed by atoms with Crippen LogP contribution in [-0.4, -0.2) is 43.4 Å². The summed E-state index contributed by atoms with van der Waals surface area (Å²) in [6.07, 6.45) is 3.25. The summed E-state index contributed by atoms with van der Waals surface area (Å²) in [5.41, 5.74) is 2.99. The highest BCUT2D eigenvalue weighted by molar-refractivity contribution is 5.92. The summed E-state index contributed by atoms with van der Waals surface area (Å²) in [7, 11) is 0. The van der Waals surface area contributed by atoms with Crippen molar-refractivity contribution < 1.29 is 42.9 Å². The summed E-state index contributed by atoms with van der Waals surface area (Å²) in [5.74, 6) is 0.609. The molecule has 1 aliphatic rings. The minimum absolute atomic E-state index is 0.0572. The first-order valence-electron chi connectivity index (χ1n) is 16.4. The lowest BCUT2D eigenvalue weighted by Crippen LogP contribution is -2.35. The number of hydrogen-bond acceptors (Lipinski definition) is 9. The molecule has 0 aromatic heterocycles. The summed E-state index contributed by atoms with van der Waals surface area (Å²) in [4.78, 5) is 49.0.